The predicted molar refractivity (Wildman–Crippen MR) is 73.0 cm³/mol. The van der Waals surface area contributed by atoms with Crippen LogP contribution < -0.4 is 4.90 Å². The van der Waals surface area contributed by atoms with Gasteiger partial charge in [0, 0.05) is 20.2 Å². The first-order valence-electron chi connectivity index (χ1n) is 6.13. The molecule has 3 nitrogen and oxygen atoms in total. The summed E-state index contributed by atoms with van der Waals surface area (Å²) in [6.07, 6.45) is 1.28. The van der Waals surface area contributed by atoms with Crippen molar-refractivity contribution in [3.63, 3.8) is 0 Å². The minimum absolute atomic E-state index is 0.212. The second kappa shape index (κ2) is 5.60. The van der Waals surface area contributed by atoms with E-state index >= 15 is 0 Å². The highest BCUT2D eigenvalue weighted by Crippen LogP contribution is 2.30. The molecule has 2 atom stereocenters. The molecule has 1 aromatic carbocycles. The zero-order valence-electron chi connectivity index (χ0n) is 10.7. The molecule has 0 bridgehead atoms. The number of hydrogen-bond acceptors (Lipinski definition) is 3. The van der Waals surface area contributed by atoms with E-state index in [0.717, 1.165) is 25.2 Å². The minimum Gasteiger partial charge on any atom is -0.379 e. The first-order valence-corrected chi connectivity index (χ1v) is 6.51. The molecular formula is C14H17ClN2O. The van der Waals surface area contributed by atoms with Crippen LogP contribution in [0.1, 0.15) is 18.9 Å². The van der Waals surface area contributed by atoms with Gasteiger partial charge in [0.05, 0.1) is 22.4 Å². The van der Waals surface area contributed by atoms with Crippen molar-refractivity contribution in [2.75, 3.05) is 25.1 Å². The molecule has 96 valence electrons. The standard InChI is InChI=1S/C14H17ClN2O/c1-10-6-7-17(9-14(10)18-2)13-5-3-4-12(15)11(13)8-16/h3-5,10,14H,6-7,9H2,1-2H3. The number of halogens is 1. The molecule has 1 saturated heterocycles. The van der Waals surface area contributed by atoms with Crippen LogP contribution in [0.3, 0.4) is 0 Å². The van der Waals surface area contributed by atoms with Gasteiger partial charge in [0.25, 0.3) is 0 Å². The third kappa shape index (κ3) is 2.45. The van der Waals surface area contributed by atoms with Gasteiger partial charge in [-0.3, -0.25) is 0 Å². The third-order valence-corrected chi connectivity index (χ3v) is 3.95. The van der Waals surface area contributed by atoms with Crippen molar-refractivity contribution in [3.05, 3.63) is 28.8 Å². The molecule has 2 unspecified atom stereocenters. The van der Waals surface area contributed by atoms with Gasteiger partial charge in [0.1, 0.15) is 6.07 Å². The molecule has 2 rings (SSSR count). The Morgan fingerprint density at radius 1 is 1.50 bits per heavy atom. The summed E-state index contributed by atoms with van der Waals surface area (Å²) in [5, 5.41) is 9.73. The first-order chi connectivity index (χ1) is 8.67. The van der Waals surface area contributed by atoms with Gasteiger partial charge < -0.3 is 9.64 Å². The molecule has 1 aliphatic rings. The molecular weight excluding hydrogens is 248 g/mol. The Morgan fingerprint density at radius 2 is 2.28 bits per heavy atom. The maximum absolute atomic E-state index is 9.21. The van der Waals surface area contributed by atoms with Crippen molar-refractivity contribution >= 4 is 17.3 Å². The van der Waals surface area contributed by atoms with Crippen LogP contribution in [-0.4, -0.2) is 26.3 Å². The average molecular weight is 265 g/mol. The lowest BCUT2D eigenvalue weighted by molar-refractivity contribution is 0.0498. The van der Waals surface area contributed by atoms with Crippen LogP contribution in [0, 0.1) is 17.2 Å². The zero-order valence-corrected chi connectivity index (χ0v) is 11.4. The van der Waals surface area contributed by atoms with Crippen molar-refractivity contribution in [2.24, 2.45) is 5.92 Å². The molecule has 0 amide bonds. The van der Waals surface area contributed by atoms with Crippen LogP contribution in [0.5, 0.6) is 0 Å². The summed E-state index contributed by atoms with van der Waals surface area (Å²) < 4.78 is 5.50. The Bertz CT molecular complexity index is 469. The van der Waals surface area contributed by atoms with E-state index in [4.69, 9.17) is 16.3 Å². The number of hydrogen-bond donors (Lipinski definition) is 0. The maximum Gasteiger partial charge on any atom is 0.103 e. The summed E-state index contributed by atoms with van der Waals surface area (Å²) in [6.45, 7) is 3.96. The largest absolute Gasteiger partial charge is 0.379 e. The molecule has 1 aromatic rings. The van der Waals surface area contributed by atoms with E-state index < -0.39 is 0 Å². The van der Waals surface area contributed by atoms with E-state index in [0.29, 0.717) is 16.5 Å². The SMILES string of the molecule is COC1CN(c2cccc(Cl)c2C#N)CCC1C. The summed E-state index contributed by atoms with van der Waals surface area (Å²) >= 11 is 6.07. The molecule has 0 spiro atoms. The Hall–Kier alpha value is -1.24. The maximum atomic E-state index is 9.21. The molecule has 0 aromatic heterocycles. The summed E-state index contributed by atoms with van der Waals surface area (Å²) in [5.41, 5.74) is 1.47. The monoisotopic (exact) mass is 264 g/mol. The van der Waals surface area contributed by atoms with Crippen molar-refractivity contribution in [1.82, 2.24) is 0 Å². The Morgan fingerprint density at radius 3 is 2.94 bits per heavy atom. The molecule has 18 heavy (non-hydrogen) atoms. The molecule has 0 N–H and O–H groups in total. The van der Waals surface area contributed by atoms with Gasteiger partial charge in [-0.05, 0) is 24.5 Å². The van der Waals surface area contributed by atoms with E-state index in [-0.39, 0.29) is 6.10 Å². The summed E-state index contributed by atoms with van der Waals surface area (Å²) in [4.78, 5) is 2.19. The number of ether oxygens (including phenoxy) is 1. The summed E-state index contributed by atoms with van der Waals surface area (Å²) in [5.74, 6) is 0.552. The molecule has 1 aliphatic heterocycles. The van der Waals surface area contributed by atoms with Crippen LogP contribution in [-0.2, 0) is 4.74 Å². The molecule has 4 heteroatoms. The Balaban J connectivity index is 2.28. The number of piperidine rings is 1. The smallest absolute Gasteiger partial charge is 0.103 e. The van der Waals surface area contributed by atoms with Gasteiger partial charge in [-0.2, -0.15) is 5.26 Å². The lowest BCUT2D eigenvalue weighted by Gasteiger charge is -2.38. The summed E-state index contributed by atoms with van der Waals surface area (Å²) in [7, 11) is 1.74. The highest BCUT2D eigenvalue weighted by Gasteiger charge is 2.27. The van der Waals surface area contributed by atoms with Gasteiger partial charge in [-0.1, -0.05) is 24.6 Å². The Kier molecular flexibility index (Phi) is 4.11. The van der Waals surface area contributed by atoms with E-state index in [1.807, 2.05) is 12.1 Å². The van der Waals surface area contributed by atoms with Crippen molar-refractivity contribution < 1.29 is 4.74 Å². The minimum atomic E-state index is 0.212. The Labute approximate surface area is 113 Å². The van der Waals surface area contributed by atoms with Gasteiger partial charge in [0.15, 0.2) is 0 Å². The van der Waals surface area contributed by atoms with E-state index in [9.17, 15) is 5.26 Å². The van der Waals surface area contributed by atoms with Gasteiger partial charge in [0.2, 0.25) is 0 Å². The van der Waals surface area contributed by atoms with Crippen LogP contribution in [0.25, 0.3) is 0 Å². The number of anilines is 1. The van der Waals surface area contributed by atoms with Crippen LogP contribution >= 0.6 is 11.6 Å². The topological polar surface area (TPSA) is 36.3 Å². The van der Waals surface area contributed by atoms with Crippen molar-refractivity contribution in [3.8, 4) is 6.07 Å². The molecule has 1 fully saturated rings. The fourth-order valence-electron chi connectivity index (χ4n) is 2.45. The van der Waals surface area contributed by atoms with Crippen molar-refractivity contribution in [1.29, 1.82) is 5.26 Å². The highest BCUT2D eigenvalue weighted by molar-refractivity contribution is 6.32. The zero-order chi connectivity index (χ0) is 13.1. The van der Waals surface area contributed by atoms with Crippen LogP contribution in [0.15, 0.2) is 18.2 Å². The van der Waals surface area contributed by atoms with Gasteiger partial charge in [-0.15, -0.1) is 0 Å². The first kappa shape index (κ1) is 13.2. The quantitative estimate of drug-likeness (QED) is 0.824. The third-order valence-electron chi connectivity index (χ3n) is 3.64. The second-order valence-electron chi connectivity index (χ2n) is 4.73. The van der Waals surface area contributed by atoms with E-state index in [2.05, 4.69) is 17.9 Å². The lowest BCUT2D eigenvalue weighted by Crippen LogP contribution is -2.44. The predicted octanol–water partition coefficient (Wildman–Crippen LogP) is 3.07. The van der Waals surface area contributed by atoms with Crippen molar-refractivity contribution in [2.45, 2.75) is 19.4 Å². The molecule has 0 radical (unpaired) electrons. The normalized spacial score (nSPS) is 23.8. The number of rotatable bonds is 2. The summed E-state index contributed by atoms with van der Waals surface area (Å²) in [6, 6.07) is 7.78. The lowest BCUT2D eigenvalue weighted by atomic mass is 9.95. The molecule has 0 saturated carbocycles. The fourth-order valence-corrected chi connectivity index (χ4v) is 2.66. The van der Waals surface area contributed by atoms with E-state index in [1.54, 1.807) is 13.2 Å². The molecule has 0 aliphatic carbocycles. The van der Waals surface area contributed by atoms with E-state index in [1.165, 1.54) is 0 Å². The average Bonchev–Trinajstić information content (AvgIpc) is 2.39. The number of nitriles is 1. The number of methoxy groups -OCH3 is 1. The van der Waals surface area contributed by atoms with Gasteiger partial charge in [-0.25, -0.2) is 0 Å². The molecule has 1 heterocycles. The fraction of sp³-hybridized carbons (Fsp3) is 0.500. The highest BCUT2D eigenvalue weighted by atomic mass is 35.5. The number of benzene rings is 1. The second-order valence-corrected chi connectivity index (χ2v) is 5.14. The van der Waals surface area contributed by atoms with Crippen LogP contribution in [0.2, 0.25) is 5.02 Å². The van der Waals surface area contributed by atoms with Gasteiger partial charge >= 0.3 is 0 Å². The van der Waals surface area contributed by atoms with Crippen LogP contribution in [0.4, 0.5) is 5.69 Å². The number of nitrogens with zero attached hydrogens (tertiary/aromatic N) is 2.